The van der Waals surface area contributed by atoms with Crippen LogP contribution in [-0.4, -0.2) is 31.2 Å². The summed E-state index contributed by atoms with van der Waals surface area (Å²) in [6.45, 7) is 0. The van der Waals surface area contributed by atoms with E-state index in [9.17, 15) is 24.6 Å². The first-order valence-electron chi connectivity index (χ1n) is 3.72. The Morgan fingerprint density at radius 1 is 1.25 bits per heavy atom. The van der Waals surface area contributed by atoms with Gasteiger partial charge in [-0.3, -0.25) is 0 Å². The van der Waals surface area contributed by atoms with Gasteiger partial charge in [0.25, 0.3) is 0 Å². The molecule has 7 nitrogen and oxygen atoms in total. The van der Waals surface area contributed by atoms with Crippen molar-refractivity contribution < 1.29 is 88.4 Å². The molecular formula is C7H9NNa2O6. The molecule has 0 aromatic carbocycles. The fraction of sp³-hybridized carbons (Fsp3) is 0.571. The fourth-order valence-corrected chi connectivity index (χ4v) is 0.712. The van der Waals surface area contributed by atoms with Crippen LogP contribution in [-0.2, 0) is 14.3 Å². The standard InChI is InChI=1S/C7H11NO6.2Na/c1-14-7(13)8-4(6(11)12)2-3-5(9)10;;/h4H,2-3H2,1H3,(H,8,13)(H,9,10)(H,11,12);;/q;2*+1/p-2. The predicted molar refractivity (Wildman–Crippen MR) is 38.6 cm³/mol. The Balaban J connectivity index is -0.000000845. The van der Waals surface area contributed by atoms with Gasteiger partial charge in [0.2, 0.25) is 0 Å². The van der Waals surface area contributed by atoms with E-state index < -0.39 is 30.5 Å². The van der Waals surface area contributed by atoms with Crippen LogP contribution in [0.25, 0.3) is 0 Å². The molecule has 80 valence electrons. The number of hydrogen-bond acceptors (Lipinski definition) is 6. The summed E-state index contributed by atoms with van der Waals surface area (Å²) in [5, 5.41) is 22.3. The molecule has 0 spiro atoms. The predicted octanol–water partition coefficient (Wildman–Crippen LogP) is -9.00. The molecule has 0 fully saturated rings. The van der Waals surface area contributed by atoms with Crippen LogP contribution >= 0.6 is 0 Å². The number of carboxylic acids is 2. The van der Waals surface area contributed by atoms with Crippen LogP contribution in [0.5, 0.6) is 0 Å². The van der Waals surface area contributed by atoms with Gasteiger partial charge in [-0.2, -0.15) is 0 Å². The first kappa shape index (κ1) is 21.5. The Labute approximate surface area is 136 Å². The van der Waals surface area contributed by atoms with Gasteiger partial charge in [0.15, 0.2) is 0 Å². The number of nitrogens with one attached hydrogen (secondary N) is 1. The molecule has 0 saturated carbocycles. The molecule has 0 rings (SSSR count). The van der Waals surface area contributed by atoms with Crippen LogP contribution in [0.15, 0.2) is 0 Å². The number of amides is 1. The van der Waals surface area contributed by atoms with Crippen molar-refractivity contribution in [3.05, 3.63) is 0 Å². The molecule has 0 radical (unpaired) electrons. The third kappa shape index (κ3) is 10.7. The SMILES string of the molecule is COC(=O)NC(CCC(=O)[O-])C(=O)[O-].[Na+].[Na+]. The molecule has 0 aliphatic rings. The van der Waals surface area contributed by atoms with Crippen molar-refractivity contribution in [3.63, 3.8) is 0 Å². The number of carbonyl (C=O) groups is 3. The van der Waals surface area contributed by atoms with Gasteiger partial charge < -0.3 is 29.9 Å². The third-order valence-corrected chi connectivity index (χ3v) is 1.40. The van der Waals surface area contributed by atoms with Crippen molar-refractivity contribution in [1.82, 2.24) is 5.32 Å². The van der Waals surface area contributed by atoms with E-state index in [1.165, 1.54) is 0 Å². The molecule has 0 heterocycles. The maximum atomic E-state index is 10.6. The van der Waals surface area contributed by atoms with Crippen molar-refractivity contribution in [1.29, 1.82) is 0 Å². The molecule has 1 unspecified atom stereocenters. The van der Waals surface area contributed by atoms with Crippen molar-refractivity contribution in [2.45, 2.75) is 18.9 Å². The van der Waals surface area contributed by atoms with Gasteiger partial charge in [-0.15, -0.1) is 0 Å². The normalized spacial score (nSPS) is 10.1. The van der Waals surface area contributed by atoms with E-state index in [1.807, 2.05) is 5.32 Å². The van der Waals surface area contributed by atoms with Crippen LogP contribution in [0.3, 0.4) is 0 Å². The molecule has 0 saturated heterocycles. The van der Waals surface area contributed by atoms with Crippen molar-refractivity contribution in [2.75, 3.05) is 7.11 Å². The zero-order chi connectivity index (χ0) is 11.1. The molecule has 0 aliphatic heterocycles. The second kappa shape index (κ2) is 11.7. The van der Waals surface area contributed by atoms with E-state index >= 15 is 0 Å². The maximum Gasteiger partial charge on any atom is 1.00 e. The Hall–Kier alpha value is 0.210. The zero-order valence-corrected chi connectivity index (χ0v) is 13.4. The largest absolute Gasteiger partial charge is 1.00 e. The van der Waals surface area contributed by atoms with Crippen LogP contribution in [0, 0.1) is 0 Å². The second-order valence-electron chi connectivity index (χ2n) is 2.42. The average Bonchev–Trinajstić information content (AvgIpc) is 2.10. The first-order valence-corrected chi connectivity index (χ1v) is 3.72. The summed E-state index contributed by atoms with van der Waals surface area (Å²) in [5.41, 5.74) is 0. The Bertz CT molecular complexity index is 247. The van der Waals surface area contributed by atoms with Gasteiger partial charge in [-0.05, 0) is 12.8 Å². The molecule has 16 heavy (non-hydrogen) atoms. The summed E-state index contributed by atoms with van der Waals surface area (Å²) in [7, 11) is 1.06. The topological polar surface area (TPSA) is 119 Å². The second-order valence-corrected chi connectivity index (χ2v) is 2.42. The van der Waals surface area contributed by atoms with Gasteiger partial charge >= 0.3 is 65.2 Å². The summed E-state index contributed by atoms with van der Waals surface area (Å²) in [5.74, 6) is -2.97. The Morgan fingerprint density at radius 2 is 1.75 bits per heavy atom. The van der Waals surface area contributed by atoms with Crippen molar-refractivity contribution in [3.8, 4) is 0 Å². The zero-order valence-electron chi connectivity index (χ0n) is 9.44. The Morgan fingerprint density at radius 3 is 2.06 bits per heavy atom. The first-order chi connectivity index (χ1) is 6.47. The van der Waals surface area contributed by atoms with Crippen molar-refractivity contribution >= 4 is 18.0 Å². The third-order valence-electron chi connectivity index (χ3n) is 1.40. The van der Waals surface area contributed by atoms with Crippen molar-refractivity contribution in [2.24, 2.45) is 0 Å². The van der Waals surface area contributed by atoms with Gasteiger partial charge in [0.1, 0.15) is 0 Å². The molecule has 1 amide bonds. The minimum absolute atomic E-state index is 0. The number of aliphatic carboxylic acids is 2. The van der Waals surface area contributed by atoms with E-state index in [2.05, 4.69) is 4.74 Å². The number of ether oxygens (including phenoxy) is 1. The molecule has 1 N–H and O–H groups in total. The van der Waals surface area contributed by atoms with Gasteiger partial charge in [0, 0.05) is 5.97 Å². The summed E-state index contributed by atoms with van der Waals surface area (Å²) < 4.78 is 4.13. The van der Waals surface area contributed by atoms with Crippen LogP contribution in [0.1, 0.15) is 12.8 Å². The van der Waals surface area contributed by atoms with E-state index in [0.29, 0.717) is 0 Å². The maximum absolute atomic E-state index is 10.6. The van der Waals surface area contributed by atoms with E-state index in [-0.39, 0.29) is 65.5 Å². The molecule has 0 bridgehead atoms. The molecule has 0 aromatic rings. The monoisotopic (exact) mass is 249 g/mol. The molecule has 0 aliphatic carbocycles. The number of carbonyl (C=O) groups excluding carboxylic acids is 3. The Kier molecular flexibility index (Phi) is 15.7. The minimum atomic E-state index is -1.57. The van der Waals surface area contributed by atoms with Gasteiger partial charge in [-0.25, -0.2) is 4.79 Å². The summed E-state index contributed by atoms with van der Waals surface area (Å²) in [6.07, 6.45) is -1.75. The van der Waals surface area contributed by atoms with E-state index in [0.717, 1.165) is 7.11 Å². The smallest absolute Gasteiger partial charge is 0.550 e. The molecular weight excluding hydrogens is 240 g/mol. The summed E-state index contributed by atoms with van der Waals surface area (Å²) >= 11 is 0. The summed E-state index contributed by atoms with van der Waals surface area (Å²) in [6, 6.07) is -1.39. The molecule has 0 aromatic heterocycles. The number of methoxy groups -OCH3 is 1. The quantitative estimate of drug-likeness (QED) is 0.483. The number of rotatable bonds is 5. The average molecular weight is 249 g/mol. The van der Waals surface area contributed by atoms with Crippen LogP contribution < -0.4 is 74.6 Å². The van der Waals surface area contributed by atoms with Gasteiger partial charge in [-0.1, -0.05) is 0 Å². The van der Waals surface area contributed by atoms with Crippen LogP contribution in [0.4, 0.5) is 4.79 Å². The number of alkyl carbamates (subject to hydrolysis) is 1. The van der Waals surface area contributed by atoms with E-state index in [1.54, 1.807) is 0 Å². The molecule has 9 heteroatoms. The number of hydrogen-bond donors (Lipinski definition) is 1. The number of carboxylic acid groups (broad SMARTS) is 2. The van der Waals surface area contributed by atoms with Gasteiger partial charge in [0.05, 0.1) is 19.1 Å². The van der Waals surface area contributed by atoms with E-state index in [4.69, 9.17) is 0 Å². The minimum Gasteiger partial charge on any atom is -0.550 e. The fourth-order valence-electron chi connectivity index (χ4n) is 0.712. The summed E-state index contributed by atoms with van der Waals surface area (Å²) in [4.78, 5) is 31.0. The molecule has 1 atom stereocenters. The van der Waals surface area contributed by atoms with Crippen LogP contribution in [0.2, 0.25) is 0 Å².